The van der Waals surface area contributed by atoms with Crippen molar-refractivity contribution < 1.29 is 13.3 Å². The van der Waals surface area contributed by atoms with Gasteiger partial charge in [0.2, 0.25) is 0 Å². The maximum Gasteiger partial charge on any atom is 0.300 e. The van der Waals surface area contributed by atoms with E-state index in [9.17, 15) is 18.5 Å². The number of nitro groups is 1. The smallest absolute Gasteiger partial charge is 0.258 e. The second-order valence-electron chi connectivity index (χ2n) is 3.92. The molecule has 0 radical (unpaired) electrons. The Bertz CT molecular complexity index is 579. The van der Waals surface area contributed by atoms with Gasteiger partial charge in [-0.3, -0.25) is 10.1 Å². The van der Waals surface area contributed by atoms with Gasteiger partial charge in [0, 0.05) is 18.7 Å². The summed E-state index contributed by atoms with van der Waals surface area (Å²) in [5, 5.41) is 10.7. The normalized spacial score (nSPS) is 16.2. The molecular formula is C9H11ClN2O4S2. The summed E-state index contributed by atoms with van der Waals surface area (Å²) >= 11 is 6.42. The van der Waals surface area contributed by atoms with Crippen LogP contribution < -0.4 is 0 Å². The molecule has 9 heteroatoms. The maximum absolute atomic E-state index is 12.3. The molecule has 1 aromatic rings. The molecule has 1 aliphatic carbocycles. The second kappa shape index (κ2) is 4.76. The molecule has 1 aromatic heterocycles. The molecule has 0 aliphatic heterocycles. The Balaban J connectivity index is 2.40. The van der Waals surface area contributed by atoms with E-state index in [1.54, 1.807) is 6.92 Å². The van der Waals surface area contributed by atoms with E-state index < -0.39 is 14.9 Å². The van der Waals surface area contributed by atoms with Gasteiger partial charge in [-0.15, -0.1) is 11.3 Å². The fourth-order valence-corrected chi connectivity index (χ4v) is 5.18. The van der Waals surface area contributed by atoms with Crippen LogP contribution in [-0.2, 0) is 10.0 Å². The number of rotatable bonds is 5. The fourth-order valence-electron chi connectivity index (χ4n) is 1.69. The van der Waals surface area contributed by atoms with Gasteiger partial charge in [-0.05, 0) is 12.8 Å². The zero-order valence-corrected chi connectivity index (χ0v) is 11.9. The molecule has 2 rings (SSSR count). The number of thiophene rings is 1. The molecular weight excluding hydrogens is 300 g/mol. The van der Waals surface area contributed by atoms with Gasteiger partial charge in [-0.2, -0.15) is 4.31 Å². The van der Waals surface area contributed by atoms with Crippen molar-refractivity contribution in [2.75, 3.05) is 6.54 Å². The quantitative estimate of drug-likeness (QED) is 0.618. The largest absolute Gasteiger partial charge is 0.300 e. The minimum Gasteiger partial charge on any atom is -0.258 e. The second-order valence-corrected chi connectivity index (χ2v) is 7.69. The monoisotopic (exact) mass is 310 g/mol. The molecule has 0 bridgehead atoms. The minimum absolute atomic E-state index is 0.0277. The highest BCUT2D eigenvalue weighted by molar-refractivity contribution is 7.91. The molecule has 1 fully saturated rings. The van der Waals surface area contributed by atoms with Crippen molar-refractivity contribution >= 4 is 38.6 Å². The summed E-state index contributed by atoms with van der Waals surface area (Å²) < 4.78 is 25.8. The van der Waals surface area contributed by atoms with Gasteiger partial charge in [-0.25, -0.2) is 8.42 Å². The molecule has 1 saturated carbocycles. The minimum atomic E-state index is -3.66. The van der Waals surface area contributed by atoms with E-state index in [1.807, 2.05) is 0 Å². The highest BCUT2D eigenvalue weighted by atomic mass is 35.5. The van der Waals surface area contributed by atoms with Crippen molar-refractivity contribution in [3.8, 4) is 0 Å². The number of nitrogens with zero attached hydrogens (tertiary/aromatic N) is 2. The van der Waals surface area contributed by atoms with Crippen molar-refractivity contribution in [2.45, 2.75) is 30.0 Å². The molecule has 100 valence electrons. The molecule has 6 nitrogen and oxygen atoms in total. The molecule has 0 N–H and O–H groups in total. The zero-order valence-electron chi connectivity index (χ0n) is 9.50. The predicted molar refractivity (Wildman–Crippen MR) is 68.6 cm³/mol. The van der Waals surface area contributed by atoms with Crippen LogP contribution in [0.3, 0.4) is 0 Å². The Morgan fingerprint density at radius 3 is 2.61 bits per heavy atom. The van der Waals surface area contributed by atoms with Crippen molar-refractivity contribution in [2.24, 2.45) is 0 Å². The van der Waals surface area contributed by atoms with Gasteiger partial charge in [-0.1, -0.05) is 18.5 Å². The molecule has 0 spiro atoms. The number of sulfonamides is 1. The van der Waals surface area contributed by atoms with Gasteiger partial charge in [0.1, 0.15) is 4.21 Å². The summed E-state index contributed by atoms with van der Waals surface area (Å²) in [4.78, 5) is 9.99. The Hall–Kier alpha value is -0.700. The van der Waals surface area contributed by atoms with Crippen molar-refractivity contribution in [3.63, 3.8) is 0 Å². The first kappa shape index (κ1) is 13.7. The summed E-state index contributed by atoms with van der Waals surface area (Å²) in [5.41, 5.74) is -0.355. The van der Waals surface area contributed by atoms with Gasteiger partial charge >= 0.3 is 0 Å². The van der Waals surface area contributed by atoms with Gasteiger partial charge in [0.05, 0.1) is 4.92 Å². The average molecular weight is 311 g/mol. The zero-order chi connectivity index (χ0) is 13.5. The SMILES string of the molecule is CCN(C1CC1)S(=O)(=O)c1cc([N+](=O)[O-])c(Cl)s1. The number of hydrogen-bond acceptors (Lipinski definition) is 5. The molecule has 1 heterocycles. The van der Waals surface area contributed by atoms with Gasteiger partial charge in [0.15, 0.2) is 4.34 Å². The topological polar surface area (TPSA) is 80.5 Å². The summed E-state index contributed by atoms with van der Waals surface area (Å²) in [6.07, 6.45) is 1.68. The van der Waals surface area contributed by atoms with Crippen molar-refractivity contribution in [1.29, 1.82) is 0 Å². The lowest BCUT2D eigenvalue weighted by atomic mass is 10.6. The van der Waals surface area contributed by atoms with Crippen LogP contribution in [0.25, 0.3) is 0 Å². The van der Waals surface area contributed by atoms with Gasteiger partial charge in [0.25, 0.3) is 15.7 Å². The third kappa shape index (κ3) is 2.37. The summed E-state index contributed by atoms with van der Waals surface area (Å²) in [7, 11) is -3.66. The average Bonchev–Trinajstić information content (AvgIpc) is 3.00. The first-order chi connectivity index (χ1) is 8.37. The van der Waals surface area contributed by atoms with Crippen molar-refractivity contribution in [3.05, 3.63) is 20.5 Å². The molecule has 0 atom stereocenters. The lowest BCUT2D eigenvalue weighted by Crippen LogP contribution is -2.32. The van der Waals surface area contributed by atoms with E-state index in [-0.39, 0.29) is 20.3 Å². The van der Waals surface area contributed by atoms with Gasteiger partial charge < -0.3 is 0 Å². The Morgan fingerprint density at radius 1 is 1.61 bits per heavy atom. The molecule has 0 aromatic carbocycles. The first-order valence-corrected chi connectivity index (χ1v) is 7.97. The van der Waals surface area contributed by atoms with Crippen molar-refractivity contribution in [1.82, 2.24) is 4.31 Å². The maximum atomic E-state index is 12.3. The molecule has 0 saturated heterocycles. The molecule has 1 aliphatic rings. The van der Waals surface area contributed by atoms with Crippen LogP contribution >= 0.6 is 22.9 Å². The van der Waals surface area contributed by atoms with Crippen LogP contribution in [0.2, 0.25) is 4.34 Å². The van der Waals surface area contributed by atoms with E-state index in [1.165, 1.54) is 4.31 Å². The summed E-state index contributed by atoms with van der Waals surface area (Å²) in [6, 6.07) is 1.06. The van der Waals surface area contributed by atoms with E-state index in [0.717, 1.165) is 30.2 Å². The van der Waals surface area contributed by atoms with Crippen LogP contribution in [-0.4, -0.2) is 30.2 Å². The summed E-state index contributed by atoms with van der Waals surface area (Å²) in [6.45, 7) is 2.11. The highest BCUT2D eigenvalue weighted by Crippen LogP contribution is 2.39. The number of halogens is 1. The first-order valence-electron chi connectivity index (χ1n) is 5.33. The third-order valence-electron chi connectivity index (χ3n) is 2.67. The predicted octanol–water partition coefficient (Wildman–Crippen LogP) is 2.48. The standard InChI is InChI=1S/C9H11ClN2O4S2/c1-2-11(6-3-4-6)18(15,16)8-5-7(12(13)14)9(10)17-8/h5-6H,2-4H2,1H3. The van der Waals surface area contributed by atoms with Crippen LogP contribution in [0.15, 0.2) is 10.3 Å². The van der Waals surface area contributed by atoms with Crippen LogP contribution in [0, 0.1) is 10.1 Å². The summed E-state index contributed by atoms with van der Waals surface area (Å²) in [5.74, 6) is 0. The van der Waals surface area contributed by atoms with Crippen LogP contribution in [0.4, 0.5) is 5.69 Å². The highest BCUT2D eigenvalue weighted by Gasteiger charge is 2.38. The van der Waals surface area contributed by atoms with E-state index in [0.29, 0.717) is 6.54 Å². The van der Waals surface area contributed by atoms with Crippen LogP contribution in [0.1, 0.15) is 19.8 Å². The van der Waals surface area contributed by atoms with Crippen LogP contribution in [0.5, 0.6) is 0 Å². The molecule has 0 amide bonds. The van der Waals surface area contributed by atoms with E-state index in [2.05, 4.69) is 0 Å². The number of hydrogen-bond donors (Lipinski definition) is 0. The third-order valence-corrected chi connectivity index (χ3v) is 6.49. The van der Waals surface area contributed by atoms with E-state index in [4.69, 9.17) is 11.6 Å². The Morgan fingerprint density at radius 2 is 2.22 bits per heavy atom. The Labute approximate surface area is 113 Å². The Kier molecular flexibility index (Phi) is 3.63. The molecule has 18 heavy (non-hydrogen) atoms. The lowest BCUT2D eigenvalue weighted by molar-refractivity contribution is -0.384. The lowest BCUT2D eigenvalue weighted by Gasteiger charge is -2.18. The molecule has 0 unspecified atom stereocenters. The van der Waals surface area contributed by atoms with E-state index >= 15 is 0 Å². The fraction of sp³-hybridized carbons (Fsp3) is 0.556.